The molecule has 0 saturated carbocycles. The molecule has 1 rings (SSSR count). The van der Waals surface area contributed by atoms with E-state index in [-0.39, 0.29) is 23.0 Å². The fourth-order valence-corrected chi connectivity index (χ4v) is 1.67. The Kier molecular flexibility index (Phi) is 5.11. The fraction of sp³-hybridized carbons (Fsp3) is 0.462. The summed E-state index contributed by atoms with van der Waals surface area (Å²) in [5.41, 5.74) is 5.46. The SMILES string of the molecule is CC(CCN(C)C)Nc1cc(C(=O)O)c(N)cc1F. The number of nitrogens with one attached hydrogen (secondary N) is 1. The van der Waals surface area contributed by atoms with Crippen LogP contribution in [0, 0.1) is 5.82 Å². The Labute approximate surface area is 112 Å². The number of carboxylic acid groups (broad SMARTS) is 1. The molecule has 0 amide bonds. The largest absolute Gasteiger partial charge is 0.478 e. The Morgan fingerprint density at radius 3 is 2.68 bits per heavy atom. The van der Waals surface area contributed by atoms with Gasteiger partial charge in [0.25, 0.3) is 0 Å². The van der Waals surface area contributed by atoms with Gasteiger partial charge in [0.1, 0.15) is 5.82 Å². The molecule has 0 aliphatic heterocycles. The molecule has 0 aliphatic carbocycles. The van der Waals surface area contributed by atoms with E-state index in [1.807, 2.05) is 25.9 Å². The molecule has 6 heteroatoms. The third-order valence-electron chi connectivity index (χ3n) is 2.78. The minimum Gasteiger partial charge on any atom is -0.478 e. The lowest BCUT2D eigenvalue weighted by atomic mass is 10.1. The molecular formula is C13H20FN3O2. The Morgan fingerprint density at radius 2 is 2.16 bits per heavy atom. The van der Waals surface area contributed by atoms with E-state index in [2.05, 4.69) is 5.32 Å². The number of aromatic carboxylic acids is 1. The van der Waals surface area contributed by atoms with Crippen molar-refractivity contribution in [2.75, 3.05) is 31.7 Å². The summed E-state index contributed by atoms with van der Waals surface area (Å²) < 4.78 is 13.7. The first-order chi connectivity index (χ1) is 8.81. The van der Waals surface area contributed by atoms with Crippen LogP contribution in [0.5, 0.6) is 0 Å². The van der Waals surface area contributed by atoms with Gasteiger partial charge in [-0.1, -0.05) is 0 Å². The van der Waals surface area contributed by atoms with Crippen LogP contribution in [0.4, 0.5) is 15.8 Å². The number of nitrogens with zero attached hydrogens (tertiary/aromatic N) is 1. The molecule has 5 nitrogen and oxygen atoms in total. The minimum absolute atomic E-state index is 0.0298. The van der Waals surface area contributed by atoms with Gasteiger partial charge in [0.05, 0.1) is 11.3 Å². The van der Waals surface area contributed by atoms with Crippen molar-refractivity contribution < 1.29 is 14.3 Å². The van der Waals surface area contributed by atoms with Crippen molar-refractivity contribution in [2.45, 2.75) is 19.4 Å². The normalized spacial score (nSPS) is 12.5. The molecule has 0 bridgehead atoms. The van der Waals surface area contributed by atoms with E-state index in [9.17, 15) is 9.18 Å². The predicted octanol–water partition coefficient (Wildman–Crippen LogP) is 1.86. The number of benzene rings is 1. The maximum Gasteiger partial charge on any atom is 0.337 e. The molecule has 0 fully saturated rings. The minimum atomic E-state index is -1.17. The topological polar surface area (TPSA) is 78.6 Å². The molecule has 4 N–H and O–H groups in total. The van der Waals surface area contributed by atoms with Crippen LogP contribution in [0.1, 0.15) is 23.7 Å². The first-order valence-corrected chi connectivity index (χ1v) is 6.05. The maximum atomic E-state index is 13.7. The summed E-state index contributed by atoms with van der Waals surface area (Å²) in [6.07, 6.45) is 0.819. The molecule has 1 atom stereocenters. The molecule has 1 aromatic carbocycles. The zero-order chi connectivity index (χ0) is 14.6. The van der Waals surface area contributed by atoms with Crippen molar-refractivity contribution in [1.82, 2.24) is 4.90 Å². The highest BCUT2D eigenvalue weighted by molar-refractivity contribution is 5.94. The second-order valence-electron chi connectivity index (χ2n) is 4.86. The molecule has 19 heavy (non-hydrogen) atoms. The number of rotatable bonds is 6. The van der Waals surface area contributed by atoms with Gasteiger partial charge in [0.15, 0.2) is 0 Å². The molecule has 0 spiro atoms. The molecule has 1 unspecified atom stereocenters. The van der Waals surface area contributed by atoms with E-state index in [1.165, 1.54) is 6.07 Å². The number of halogens is 1. The Bertz CT molecular complexity index is 463. The summed E-state index contributed by atoms with van der Waals surface area (Å²) in [5, 5.41) is 11.9. The molecule has 0 saturated heterocycles. The highest BCUT2D eigenvalue weighted by Crippen LogP contribution is 2.23. The van der Waals surface area contributed by atoms with Crippen LogP contribution in [0.25, 0.3) is 0 Å². The highest BCUT2D eigenvalue weighted by Gasteiger charge is 2.14. The summed E-state index contributed by atoms with van der Waals surface area (Å²) in [5.74, 6) is -1.71. The summed E-state index contributed by atoms with van der Waals surface area (Å²) in [6.45, 7) is 2.77. The standard InChI is InChI=1S/C13H20FN3O2/c1-8(4-5-17(2)3)16-12-6-9(13(18)19)11(15)7-10(12)14/h6-8,16H,4-5,15H2,1-3H3,(H,18,19). The van der Waals surface area contributed by atoms with E-state index in [0.717, 1.165) is 19.0 Å². The lowest BCUT2D eigenvalue weighted by Crippen LogP contribution is -2.23. The first-order valence-electron chi connectivity index (χ1n) is 6.05. The van der Waals surface area contributed by atoms with Crippen LogP contribution < -0.4 is 11.1 Å². The summed E-state index contributed by atoms with van der Waals surface area (Å²) in [6, 6.07) is 2.30. The second kappa shape index (κ2) is 6.38. The summed E-state index contributed by atoms with van der Waals surface area (Å²) in [4.78, 5) is 13.0. The van der Waals surface area contributed by atoms with Crippen molar-refractivity contribution in [1.29, 1.82) is 0 Å². The molecule has 0 radical (unpaired) electrons. The molecule has 1 aromatic rings. The Balaban J connectivity index is 2.83. The number of hydrogen-bond donors (Lipinski definition) is 3. The van der Waals surface area contributed by atoms with Gasteiger partial charge in [0.2, 0.25) is 0 Å². The van der Waals surface area contributed by atoms with Gasteiger partial charge in [-0.15, -0.1) is 0 Å². The van der Waals surface area contributed by atoms with Crippen LogP contribution in [0.15, 0.2) is 12.1 Å². The average Bonchev–Trinajstić information content (AvgIpc) is 2.29. The average molecular weight is 269 g/mol. The van der Waals surface area contributed by atoms with Crippen molar-refractivity contribution >= 4 is 17.3 Å². The maximum absolute atomic E-state index is 13.7. The van der Waals surface area contributed by atoms with Gasteiger partial charge >= 0.3 is 5.97 Å². The summed E-state index contributed by atoms with van der Waals surface area (Å²) >= 11 is 0. The number of nitrogen functional groups attached to an aromatic ring is 1. The van der Waals surface area contributed by atoms with Crippen molar-refractivity contribution in [3.63, 3.8) is 0 Å². The molecular weight excluding hydrogens is 249 g/mol. The van der Waals surface area contributed by atoms with Crippen LogP contribution in [-0.4, -0.2) is 42.7 Å². The van der Waals surface area contributed by atoms with Gasteiger partial charge in [-0.05, 0) is 46.1 Å². The van der Waals surface area contributed by atoms with Crippen LogP contribution in [-0.2, 0) is 0 Å². The predicted molar refractivity (Wildman–Crippen MR) is 74.0 cm³/mol. The van der Waals surface area contributed by atoms with E-state index in [4.69, 9.17) is 10.8 Å². The smallest absolute Gasteiger partial charge is 0.337 e. The van der Waals surface area contributed by atoms with Crippen molar-refractivity contribution in [3.8, 4) is 0 Å². The first kappa shape index (κ1) is 15.2. The number of carbonyl (C=O) groups is 1. The summed E-state index contributed by atoms with van der Waals surface area (Å²) in [7, 11) is 3.91. The fourth-order valence-electron chi connectivity index (χ4n) is 1.67. The lowest BCUT2D eigenvalue weighted by molar-refractivity contribution is 0.0698. The van der Waals surface area contributed by atoms with Gasteiger partial charge in [-0.3, -0.25) is 0 Å². The van der Waals surface area contributed by atoms with Gasteiger partial charge in [-0.25, -0.2) is 9.18 Å². The van der Waals surface area contributed by atoms with E-state index >= 15 is 0 Å². The highest BCUT2D eigenvalue weighted by atomic mass is 19.1. The quantitative estimate of drug-likeness (QED) is 0.687. The number of hydrogen-bond acceptors (Lipinski definition) is 4. The van der Waals surface area contributed by atoms with Crippen LogP contribution in [0.2, 0.25) is 0 Å². The van der Waals surface area contributed by atoms with Crippen LogP contribution >= 0.6 is 0 Å². The monoisotopic (exact) mass is 269 g/mol. The van der Waals surface area contributed by atoms with Gasteiger partial charge in [0, 0.05) is 11.7 Å². The van der Waals surface area contributed by atoms with Crippen molar-refractivity contribution in [2.24, 2.45) is 0 Å². The third kappa shape index (κ3) is 4.40. The molecule has 106 valence electrons. The molecule has 0 heterocycles. The zero-order valence-electron chi connectivity index (χ0n) is 11.4. The van der Waals surface area contributed by atoms with E-state index in [1.54, 1.807) is 0 Å². The van der Waals surface area contributed by atoms with E-state index in [0.29, 0.717) is 0 Å². The zero-order valence-corrected chi connectivity index (χ0v) is 11.4. The third-order valence-corrected chi connectivity index (χ3v) is 2.78. The second-order valence-corrected chi connectivity index (χ2v) is 4.86. The van der Waals surface area contributed by atoms with Crippen molar-refractivity contribution in [3.05, 3.63) is 23.5 Å². The number of anilines is 2. The Morgan fingerprint density at radius 1 is 1.53 bits per heavy atom. The van der Waals surface area contributed by atoms with E-state index < -0.39 is 11.8 Å². The van der Waals surface area contributed by atoms with Gasteiger partial charge < -0.3 is 21.1 Å². The number of nitrogens with two attached hydrogens (primary N) is 1. The molecule has 0 aliphatic rings. The van der Waals surface area contributed by atoms with Crippen LogP contribution in [0.3, 0.4) is 0 Å². The molecule has 0 aromatic heterocycles. The Hall–Kier alpha value is -1.82. The van der Waals surface area contributed by atoms with Gasteiger partial charge in [-0.2, -0.15) is 0 Å². The number of carboxylic acids is 1. The lowest BCUT2D eigenvalue weighted by Gasteiger charge is -2.18.